The van der Waals surface area contributed by atoms with Gasteiger partial charge in [-0.05, 0) is 18.2 Å². The molecule has 17 heavy (non-hydrogen) atoms. The molecule has 0 unspecified atom stereocenters. The normalized spacial score (nSPS) is 12.8. The summed E-state index contributed by atoms with van der Waals surface area (Å²) in [6.07, 6.45) is 2.38. The third kappa shape index (κ3) is 3.18. The van der Waals surface area contributed by atoms with Gasteiger partial charge in [0.05, 0.1) is 12.2 Å². The quantitative estimate of drug-likeness (QED) is 0.657. The molecule has 0 fully saturated rings. The zero-order valence-corrected chi connectivity index (χ0v) is 9.85. The van der Waals surface area contributed by atoms with Crippen LogP contribution in [0.4, 0.5) is 0 Å². The molecule has 0 amide bonds. The maximum Gasteiger partial charge on any atom is 0.190 e. The highest BCUT2D eigenvalue weighted by Gasteiger charge is 2.21. The molecule has 0 heterocycles. The summed E-state index contributed by atoms with van der Waals surface area (Å²) in [7, 11) is 0. The SMILES string of the molecule is O=C1C=CC(=O)c2c(O)cccc21.OCCS. The number of carbonyl (C=O) groups excluding carboxylic acids is 2. The van der Waals surface area contributed by atoms with Gasteiger partial charge in [-0.2, -0.15) is 12.6 Å². The first kappa shape index (κ1) is 13.5. The number of hydrogen-bond acceptors (Lipinski definition) is 5. The van der Waals surface area contributed by atoms with Crippen LogP contribution in [0.3, 0.4) is 0 Å². The van der Waals surface area contributed by atoms with E-state index in [0.29, 0.717) is 5.75 Å². The standard InChI is InChI=1S/C10H6O3.C2H6OS/c11-7-4-5-9(13)10-6(7)2-1-3-8(10)12;3-1-2-4/h1-5,12H;3-4H,1-2H2. The van der Waals surface area contributed by atoms with Crippen LogP contribution in [0.1, 0.15) is 20.7 Å². The van der Waals surface area contributed by atoms with Gasteiger partial charge in [-0.15, -0.1) is 0 Å². The molecule has 0 saturated heterocycles. The van der Waals surface area contributed by atoms with Crippen molar-refractivity contribution in [3.63, 3.8) is 0 Å². The van der Waals surface area contributed by atoms with Gasteiger partial charge in [0, 0.05) is 11.3 Å². The van der Waals surface area contributed by atoms with Crippen LogP contribution in [0.2, 0.25) is 0 Å². The van der Waals surface area contributed by atoms with Crippen LogP contribution in [0.15, 0.2) is 30.4 Å². The molecule has 0 bridgehead atoms. The molecule has 4 nitrogen and oxygen atoms in total. The molecule has 90 valence electrons. The molecule has 2 N–H and O–H groups in total. The smallest absolute Gasteiger partial charge is 0.190 e. The lowest BCUT2D eigenvalue weighted by molar-refractivity contribution is 0.0991. The summed E-state index contributed by atoms with van der Waals surface area (Å²) in [5, 5.41) is 17.1. The number of benzene rings is 1. The van der Waals surface area contributed by atoms with Gasteiger partial charge >= 0.3 is 0 Å². The second-order valence-corrected chi connectivity index (χ2v) is 3.66. The first-order chi connectivity index (χ1) is 8.11. The van der Waals surface area contributed by atoms with Crippen LogP contribution in [0, 0.1) is 0 Å². The zero-order valence-electron chi connectivity index (χ0n) is 8.96. The second kappa shape index (κ2) is 6.22. The van der Waals surface area contributed by atoms with Crippen molar-refractivity contribution >= 4 is 24.2 Å². The number of carbonyl (C=O) groups is 2. The summed E-state index contributed by atoms with van der Waals surface area (Å²) in [6.45, 7) is 0.184. The third-order valence-electron chi connectivity index (χ3n) is 2.04. The Kier molecular flexibility index (Phi) is 4.93. The predicted octanol–water partition coefficient (Wildman–Crippen LogP) is 1.24. The Labute approximate surface area is 104 Å². The molecule has 1 aliphatic carbocycles. The van der Waals surface area contributed by atoms with E-state index in [-0.39, 0.29) is 35.0 Å². The largest absolute Gasteiger partial charge is 0.507 e. The summed E-state index contributed by atoms with van der Waals surface area (Å²) < 4.78 is 0. The fourth-order valence-corrected chi connectivity index (χ4v) is 1.33. The van der Waals surface area contributed by atoms with Gasteiger partial charge in [0.15, 0.2) is 11.6 Å². The summed E-state index contributed by atoms with van der Waals surface area (Å²) in [5.41, 5.74) is 0.377. The maximum atomic E-state index is 11.3. The molecule has 0 aromatic heterocycles. The number of hydrogen-bond donors (Lipinski definition) is 3. The van der Waals surface area contributed by atoms with Gasteiger partial charge in [-0.3, -0.25) is 9.59 Å². The number of allylic oxidation sites excluding steroid dienone is 2. The van der Waals surface area contributed by atoms with Crippen LogP contribution in [0.5, 0.6) is 5.75 Å². The van der Waals surface area contributed by atoms with Crippen molar-refractivity contribution in [2.24, 2.45) is 0 Å². The molecule has 2 rings (SSSR count). The van der Waals surface area contributed by atoms with Crippen LogP contribution in [0.25, 0.3) is 0 Å². The van der Waals surface area contributed by atoms with Crippen molar-refractivity contribution < 1.29 is 19.8 Å². The molecule has 1 aromatic carbocycles. The molecular weight excluding hydrogens is 240 g/mol. The van der Waals surface area contributed by atoms with Crippen molar-refractivity contribution in [3.05, 3.63) is 41.5 Å². The van der Waals surface area contributed by atoms with E-state index in [0.717, 1.165) is 0 Å². The molecule has 0 radical (unpaired) electrons. The fraction of sp³-hybridized carbons (Fsp3) is 0.167. The summed E-state index contributed by atoms with van der Waals surface area (Å²) in [5.74, 6) is -0.140. The fourth-order valence-electron chi connectivity index (χ4n) is 1.33. The van der Waals surface area contributed by atoms with Gasteiger partial charge < -0.3 is 10.2 Å². The first-order valence-corrected chi connectivity index (χ1v) is 5.55. The Morgan fingerprint density at radius 3 is 2.24 bits per heavy atom. The van der Waals surface area contributed by atoms with E-state index >= 15 is 0 Å². The number of rotatable bonds is 1. The average Bonchev–Trinajstić information content (AvgIpc) is 2.34. The lowest BCUT2D eigenvalue weighted by Gasteiger charge is -2.09. The van der Waals surface area contributed by atoms with Crippen molar-refractivity contribution in [3.8, 4) is 5.75 Å². The molecular formula is C12H12O4S. The highest BCUT2D eigenvalue weighted by atomic mass is 32.1. The van der Waals surface area contributed by atoms with E-state index in [1.807, 2.05) is 0 Å². The van der Waals surface area contributed by atoms with Gasteiger partial charge in [0.1, 0.15) is 5.75 Å². The van der Waals surface area contributed by atoms with Crippen molar-refractivity contribution in [2.75, 3.05) is 12.4 Å². The number of fused-ring (bicyclic) bond motifs is 1. The summed E-state index contributed by atoms with van der Waals surface area (Å²) in [6, 6.07) is 4.46. The molecule has 0 atom stereocenters. The molecule has 0 saturated carbocycles. The number of phenolic OH excluding ortho intramolecular Hbond substituents is 1. The van der Waals surface area contributed by atoms with Gasteiger partial charge in [0.25, 0.3) is 0 Å². The van der Waals surface area contributed by atoms with Gasteiger partial charge in [-0.1, -0.05) is 12.1 Å². The topological polar surface area (TPSA) is 74.6 Å². The number of thiol groups is 1. The van der Waals surface area contributed by atoms with Crippen LogP contribution in [-0.4, -0.2) is 34.1 Å². The van der Waals surface area contributed by atoms with E-state index in [1.165, 1.54) is 24.3 Å². The molecule has 0 aliphatic heterocycles. The van der Waals surface area contributed by atoms with E-state index in [2.05, 4.69) is 12.6 Å². The molecule has 1 aliphatic rings. The molecule has 1 aromatic rings. The van der Waals surface area contributed by atoms with E-state index in [9.17, 15) is 14.7 Å². The lowest BCUT2D eigenvalue weighted by Crippen LogP contribution is -2.11. The maximum absolute atomic E-state index is 11.3. The Morgan fingerprint density at radius 1 is 1.12 bits per heavy atom. The van der Waals surface area contributed by atoms with Crippen LogP contribution >= 0.6 is 12.6 Å². The van der Waals surface area contributed by atoms with E-state index in [4.69, 9.17) is 5.11 Å². The summed E-state index contributed by atoms with van der Waals surface area (Å²) >= 11 is 3.67. The Bertz CT molecular complexity index is 464. The highest BCUT2D eigenvalue weighted by Crippen LogP contribution is 2.25. The molecule has 5 heteroatoms. The van der Waals surface area contributed by atoms with E-state index in [1.54, 1.807) is 6.07 Å². The third-order valence-corrected chi connectivity index (χ3v) is 2.24. The van der Waals surface area contributed by atoms with Gasteiger partial charge in [0.2, 0.25) is 0 Å². The van der Waals surface area contributed by atoms with Gasteiger partial charge in [-0.25, -0.2) is 0 Å². The highest BCUT2D eigenvalue weighted by molar-refractivity contribution is 7.80. The molecule has 0 spiro atoms. The number of aliphatic hydroxyl groups is 1. The monoisotopic (exact) mass is 252 g/mol. The average molecular weight is 252 g/mol. The van der Waals surface area contributed by atoms with Crippen molar-refractivity contribution in [1.82, 2.24) is 0 Å². The number of phenols is 1. The second-order valence-electron chi connectivity index (χ2n) is 3.21. The van der Waals surface area contributed by atoms with Crippen LogP contribution < -0.4 is 0 Å². The minimum Gasteiger partial charge on any atom is -0.507 e. The van der Waals surface area contributed by atoms with Crippen LogP contribution in [-0.2, 0) is 0 Å². The minimum atomic E-state index is -0.326. The number of aliphatic hydroxyl groups excluding tert-OH is 1. The Morgan fingerprint density at radius 2 is 1.71 bits per heavy atom. The lowest BCUT2D eigenvalue weighted by atomic mass is 9.94. The number of aromatic hydroxyl groups is 1. The van der Waals surface area contributed by atoms with E-state index < -0.39 is 0 Å². The minimum absolute atomic E-state index is 0.106. The Balaban J connectivity index is 0.000000317. The summed E-state index contributed by atoms with van der Waals surface area (Å²) in [4.78, 5) is 22.5. The van der Waals surface area contributed by atoms with Crippen molar-refractivity contribution in [2.45, 2.75) is 0 Å². The predicted molar refractivity (Wildman–Crippen MR) is 66.8 cm³/mol. The first-order valence-electron chi connectivity index (χ1n) is 4.92. The number of ketones is 2. The Hall–Kier alpha value is -1.59. The zero-order chi connectivity index (χ0) is 12.8. The van der Waals surface area contributed by atoms with Crippen molar-refractivity contribution in [1.29, 1.82) is 0 Å².